The van der Waals surface area contributed by atoms with Gasteiger partial charge >= 0.3 is 0 Å². The molecule has 1 aliphatic rings. The highest BCUT2D eigenvalue weighted by Crippen LogP contribution is 2.15. The molecule has 0 atom stereocenters. The number of carbonyl (C=O) groups excluding carboxylic acids is 1. The third kappa shape index (κ3) is 4.51. The maximum Gasteiger partial charge on any atom is 0.274 e. The Kier molecular flexibility index (Phi) is 6.25. The van der Waals surface area contributed by atoms with E-state index in [1.165, 1.54) is 12.8 Å². The molecule has 6 nitrogen and oxygen atoms in total. The SMILES string of the molecule is O=C(NCc1nn(CCN2CCCC2)c(=O)c2ccccc12)c1ccccc1I. The molecule has 1 saturated heterocycles. The number of rotatable bonds is 6. The van der Waals surface area contributed by atoms with Crippen molar-refractivity contribution in [3.63, 3.8) is 0 Å². The van der Waals surface area contributed by atoms with Crippen LogP contribution >= 0.6 is 22.6 Å². The Hall–Kier alpha value is -2.26. The zero-order valence-electron chi connectivity index (χ0n) is 16.1. The Bertz CT molecular complexity index is 1090. The molecular formula is C22H23IN4O2. The fraction of sp³-hybridized carbons (Fsp3) is 0.318. The van der Waals surface area contributed by atoms with Crippen molar-refractivity contribution in [3.8, 4) is 0 Å². The molecule has 1 aromatic heterocycles. The van der Waals surface area contributed by atoms with E-state index >= 15 is 0 Å². The van der Waals surface area contributed by atoms with Crippen LogP contribution in [0.25, 0.3) is 10.8 Å². The lowest BCUT2D eigenvalue weighted by atomic mass is 10.1. The number of halogens is 1. The maximum absolute atomic E-state index is 12.9. The van der Waals surface area contributed by atoms with Gasteiger partial charge in [-0.1, -0.05) is 30.3 Å². The van der Waals surface area contributed by atoms with Crippen molar-refractivity contribution in [2.24, 2.45) is 0 Å². The molecule has 7 heteroatoms. The van der Waals surface area contributed by atoms with Crippen molar-refractivity contribution >= 4 is 39.3 Å². The fourth-order valence-corrected chi connectivity index (χ4v) is 4.37. The van der Waals surface area contributed by atoms with E-state index in [4.69, 9.17) is 0 Å². The molecule has 1 amide bonds. The average molecular weight is 502 g/mol. The van der Waals surface area contributed by atoms with E-state index in [0.717, 1.165) is 28.6 Å². The molecule has 1 fully saturated rings. The number of carbonyl (C=O) groups is 1. The van der Waals surface area contributed by atoms with Crippen LogP contribution in [0.5, 0.6) is 0 Å². The fourth-order valence-electron chi connectivity index (χ4n) is 3.73. The van der Waals surface area contributed by atoms with Crippen LogP contribution in [0, 0.1) is 3.57 Å². The second-order valence-corrected chi connectivity index (χ2v) is 8.39. The van der Waals surface area contributed by atoms with Crippen LogP contribution in [0.2, 0.25) is 0 Å². The number of aromatic nitrogens is 2. The number of hydrogen-bond acceptors (Lipinski definition) is 4. The van der Waals surface area contributed by atoms with E-state index < -0.39 is 0 Å². The highest BCUT2D eigenvalue weighted by Gasteiger charge is 2.15. The summed E-state index contributed by atoms with van der Waals surface area (Å²) in [4.78, 5) is 27.9. The molecule has 0 aliphatic carbocycles. The van der Waals surface area contributed by atoms with Crippen molar-refractivity contribution < 1.29 is 4.79 Å². The molecule has 2 heterocycles. The molecule has 0 bridgehead atoms. The molecule has 2 aromatic carbocycles. The summed E-state index contributed by atoms with van der Waals surface area (Å²) in [7, 11) is 0. The predicted molar refractivity (Wildman–Crippen MR) is 122 cm³/mol. The smallest absolute Gasteiger partial charge is 0.274 e. The lowest BCUT2D eigenvalue weighted by molar-refractivity contribution is 0.0949. The summed E-state index contributed by atoms with van der Waals surface area (Å²) in [6.07, 6.45) is 2.44. The van der Waals surface area contributed by atoms with Crippen molar-refractivity contribution in [1.29, 1.82) is 0 Å². The first-order valence-corrected chi connectivity index (χ1v) is 10.9. The summed E-state index contributed by atoms with van der Waals surface area (Å²) >= 11 is 2.16. The van der Waals surface area contributed by atoms with Crippen molar-refractivity contribution in [1.82, 2.24) is 20.0 Å². The van der Waals surface area contributed by atoms with Crippen LogP contribution in [-0.4, -0.2) is 40.2 Å². The van der Waals surface area contributed by atoms with Gasteiger partial charge in [0.25, 0.3) is 11.5 Å². The highest BCUT2D eigenvalue weighted by molar-refractivity contribution is 14.1. The largest absolute Gasteiger partial charge is 0.346 e. The molecule has 0 saturated carbocycles. The van der Waals surface area contributed by atoms with Crippen LogP contribution in [0.3, 0.4) is 0 Å². The number of nitrogens with zero attached hydrogens (tertiary/aromatic N) is 3. The summed E-state index contributed by atoms with van der Waals surface area (Å²) in [5.74, 6) is -0.143. The minimum Gasteiger partial charge on any atom is -0.346 e. The summed E-state index contributed by atoms with van der Waals surface area (Å²) in [6, 6.07) is 14.9. The van der Waals surface area contributed by atoms with Gasteiger partial charge in [-0.3, -0.25) is 9.59 Å². The van der Waals surface area contributed by atoms with E-state index in [2.05, 4.69) is 37.9 Å². The Labute approximate surface area is 183 Å². The predicted octanol–water partition coefficient (Wildman–Crippen LogP) is 3.03. The number of amides is 1. The van der Waals surface area contributed by atoms with E-state index in [-0.39, 0.29) is 18.0 Å². The summed E-state index contributed by atoms with van der Waals surface area (Å²) in [6.45, 7) is 3.82. The molecule has 0 radical (unpaired) electrons. The standard InChI is InChI=1S/C22H23IN4O2/c23-19-10-4-3-9-18(19)21(28)24-15-20-16-7-1-2-8-17(16)22(29)27(25-20)14-13-26-11-5-6-12-26/h1-4,7-10H,5-6,11-15H2,(H,24,28). The van der Waals surface area contributed by atoms with Gasteiger partial charge in [-0.05, 0) is 66.7 Å². The third-order valence-corrected chi connectivity index (χ3v) is 6.25. The molecule has 3 aromatic rings. The van der Waals surface area contributed by atoms with Crippen molar-refractivity contribution in [2.75, 3.05) is 19.6 Å². The minimum absolute atomic E-state index is 0.0764. The van der Waals surface area contributed by atoms with E-state index in [1.807, 2.05) is 42.5 Å². The first-order valence-electron chi connectivity index (χ1n) is 9.87. The quantitative estimate of drug-likeness (QED) is 0.527. The van der Waals surface area contributed by atoms with Gasteiger partial charge in [0.2, 0.25) is 0 Å². The molecule has 4 rings (SSSR count). The first-order chi connectivity index (χ1) is 14.1. The zero-order valence-corrected chi connectivity index (χ0v) is 18.3. The lowest BCUT2D eigenvalue weighted by Gasteiger charge is -2.16. The summed E-state index contributed by atoms with van der Waals surface area (Å²) in [5.41, 5.74) is 1.27. The number of hydrogen-bond donors (Lipinski definition) is 1. The van der Waals surface area contributed by atoms with Gasteiger partial charge in [-0.2, -0.15) is 5.10 Å². The van der Waals surface area contributed by atoms with E-state index in [9.17, 15) is 9.59 Å². The Morgan fingerprint density at radius 2 is 1.69 bits per heavy atom. The molecule has 0 spiro atoms. The van der Waals surface area contributed by atoms with E-state index in [0.29, 0.717) is 23.2 Å². The monoisotopic (exact) mass is 502 g/mol. The molecule has 1 aliphatic heterocycles. The molecule has 0 unspecified atom stereocenters. The van der Waals surface area contributed by atoms with Gasteiger partial charge in [0.15, 0.2) is 0 Å². The topological polar surface area (TPSA) is 67.2 Å². The molecule has 150 valence electrons. The van der Waals surface area contributed by atoms with Crippen LogP contribution in [0.1, 0.15) is 28.9 Å². The Morgan fingerprint density at radius 3 is 2.45 bits per heavy atom. The van der Waals surface area contributed by atoms with Gasteiger partial charge in [-0.25, -0.2) is 4.68 Å². The average Bonchev–Trinajstić information content (AvgIpc) is 3.26. The maximum atomic E-state index is 12.9. The van der Waals surface area contributed by atoms with Gasteiger partial charge in [0, 0.05) is 15.5 Å². The summed E-state index contributed by atoms with van der Waals surface area (Å²) < 4.78 is 2.45. The molecule has 29 heavy (non-hydrogen) atoms. The normalized spacial score (nSPS) is 14.4. The first kappa shape index (κ1) is 20.0. The number of nitrogens with one attached hydrogen (secondary N) is 1. The van der Waals surface area contributed by atoms with Gasteiger partial charge in [0.05, 0.1) is 29.7 Å². The zero-order chi connectivity index (χ0) is 20.2. The van der Waals surface area contributed by atoms with Gasteiger partial charge < -0.3 is 10.2 Å². The van der Waals surface area contributed by atoms with Crippen LogP contribution < -0.4 is 10.9 Å². The Balaban J connectivity index is 1.59. The lowest BCUT2D eigenvalue weighted by Crippen LogP contribution is -2.32. The number of likely N-dealkylation sites (tertiary alicyclic amines) is 1. The van der Waals surface area contributed by atoms with Crippen molar-refractivity contribution in [3.05, 3.63) is 73.7 Å². The molecule has 1 N–H and O–H groups in total. The van der Waals surface area contributed by atoms with Gasteiger partial charge in [-0.15, -0.1) is 0 Å². The van der Waals surface area contributed by atoms with Crippen LogP contribution in [0.4, 0.5) is 0 Å². The van der Waals surface area contributed by atoms with Gasteiger partial charge in [0.1, 0.15) is 0 Å². The molecular weight excluding hydrogens is 479 g/mol. The number of fused-ring (bicyclic) bond motifs is 1. The van der Waals surface area contributed by atoms with Crippen LogP contribution in [0.15, 0.2) is 53.3 Å². The van der Waals surface area contributed by atoms with E-state index in [1.54, 1.807) is 10.7 Å². The third-order valence-electron chi connectivity index (χ3n) is 5.31. The summed E-state index contributed by atoms with van der Waals surface area (Å²) in [5, 5.41) is 9.00. The second-order valence-electron chi connectivity index (χ2n) is 7.23. The second kappa shape index (κ2) is 9.04. The van der Waals surface area contributed by atoms with Crippen LogP contribution in [-0.2, 0) is 13.1 Å². The number of benzene rings is 2. The Morgan fingerprint density at radius 1 is 1.00 bits per heavy atom. The minimum atomic E-state index is -0.143. The van der Waals surface area contributed by atoms with Crippen molar-refractivity contribution in [2.45, 2.75) is 25.9 Å². The highest BCUT2D eigenvalue weighted by atomic mass is 127.